The SMILES string of the molecule is O=C(NCC1Cc2c(F)ccc(-c3ccncc3)c2O1)C1CC=CCC1. The Morgan fingerprint density at radius 3 is 2.85 bits per heavy atom. The molecule has 2 unspecified atom stereocenters. The van der Waals surface area contributed by atoms with Gasteiger partial charge in [0.2, 0.25) is 5.91 Å². The van der Waals surface area contributed by atoms with Gasteiger partial charge in [0.1, 0.15) is 17.7 Å². The van der Waals surface area contributed by atoms with Crippen molar-refractivity contribution in [2.45, 2.75) is 31.8 Å². The zero-order valence-corrected chi connectivity index (χ0v) is 14.5. The van der Waals surface area contributed by atoms with E-state index in [2.05, 4.69) is 22.5 Å². The van der Waals surface area contributed by atoms with Gasteiger partial charge in [0.25, 0.3) is 0 Å². The summed E-state index contributed by atoms with van der Waals surface area (Å²) in [6.07, 6.45) is 10.4. The minimum Gasteiger partial charge on any atom is -0.487 e. The van der Waals surface area contributed by atoms with Crippen LogP contribution in [0.3, 0.4) is 0 Å². The lowest BCUT2D eigenvalue weighted by Crippen LogP contribution is -2.38. The van der Waals surface area contributed by atoms with Crippen molar-refractivity contribution in [3.63, 3.8) is 0 Å². The Morgan fingerprint density at radius 2 is 2.08 bits per heavy atom. The first-order chi connectivity index (χ1) is 12.7. The molecule has 134 valence electrons. The molecule has 0 spiro atoms. The predicted octanol–water partition coefficient (Wildman–Crippen LogP) is 3.66. The third-order valence-corrected chi connectivity index (χ3v) is 5.05. The van der Waals surface area contributed by atoms with Crippen molar-refractivity contribution in [3.8, 4) is 16.9 Å². The average Bonchev–Trinajstić information content (AvgIpc) is 3.13. The molecule has 1 amide bonds. The summed E-state index contributed by atoms with van der Waals surface area (Å²) in [5, 5.41) is 2.98. The van der Waals surface area contributed by atoms with Crippen LogP contribution in [0.4, 0.5) is 4.39 Å². The summed E-state index contributed by atoms with van der Waals surface area (Å²) >= 11 is 0. The molecule has 1 aromatic carbocycles. The first-order valence-electron chi connectivity index (χ1n) is 9.03. The van der Waals surface area contributed by atoms with Gasteiger partial charge in [-0.15, -0.1) is 0 Å². The number of fused-ring (bicyclic) bond motifs is 1. The van der Waals surface area contributed by atoms with Gasteiger partial charge in [-0.1, -0.05) is 12.2 Å². The number of benzene rings is 1. The quantitative estimate of drug-likeness (QED) is 0.855. The summed E-state index contributed by atoms with van der Waals surface area (Å²) in [5.41, 5.74) is 2.38. The van der Waals surface area contributed by atoms with E-state index in [1.165, 1.54) is 6.07 Å². The van der Waals surface area contributed by atoms with E-state index in [1.54, 1.807) is 18.5 Å². The smallest absolute Gasteiger partial charge is 0.223 e. The minimum atomic E-state index is -0.260. The Kier molecular flexibility index (Phi) is 4.69. The Bertz CT molecular complexity index is 835. The molecular formula is C21H21FN2O2. The number of aromatic nitrogens is 1. The van der Waals surface area contributed by atoms with Gasteiger partial charge in [0.15, 0.2) is 0 Å². The molecule has 1 aromatic heterocycles. The number of pyridine rings is 1. The van der Waals surface area contributed by atoms with Crippen LogP contribution in [0.5, 0.6) is 5.75 Å². The maximum Gasteiger partial charge on any atom is 0.223 e. The number of carbonyl (C=O) groups is 1. The van der Waals surface area contributed by atoms with E-state index >= 15 is 0 Å². The molecule has 26 heavy (non-hydrogen) atoms. The Balaban J connectivity index is 1.46. The van der Waals surface area contributed by atoms with Crippen molar-refractivity contribution in [3.05, 3.63) is 60.2 Å². The second-order valence-electron chi connectivity index (χ2n) is 6.81. The highest BCUT2D eigenvalue weighted by Crippen LogP contribution is 2.40. The zero-order valence-electron chi connectivity index (χ0n) is 14.5. The van der Waals surface area contributed by atoms with Gasteiger partial charge in [0, 0.05) is 35.9 Å². The maximum atomic E-state index is 14.3. The summed E-state index contributed by atoms with van der Waals surface area (Å²) in [6, 6.07) is 6.97. The van der Waals surface area contributed by atoms with Crippen molar-refractivity contribution in [1.82, 2.24) is 10.3 Å². The molecule has 1 aliphatic heterocycles. The average molecular weight is 352 g/mol. The van der Waals surface area contributed by atoms with Crippen LogP contribution in [-0.2, 0) is 11.2 Å². The minimum absolute atomic E-state index is 0.0351. The van der Waals surface area contributed by atoms with Gasteiger partial charge in [-0.05, 0) is 49.1 Å². The standard InChI is InChI=1S/C21H21FN2O2/c22-19-7-6-17(14-8-10-23-11-9-14)20-18(19)12-16(26-20)13-24-21(25)15-4-2-1-3-5-15/h1-2,6-11,15-16H,3-5,12-13H2,(H,24,25). The van der Waals surface area contributed by atoms with Crippen molar-refractivity contribution >= 4 is 5.91 Å². The van der Waals surface area contributed by atoms with E-state index < -0.39 is 0 Å². The number of rotatable bonds is 4. The van der Waals surface area contributed by atoms with E-state index in [4.69, 9.17) is 4.74 Å². The number of allylic oxidation sites excluding steroid dienone is 2. The zero-order chi connectivity index (χ0) is 17.9. The van der Waals surface area contributed by atoms with Crippen LogP contribution in [-0.4, -0.2) is 23.5 Å². The van der Waals surface area contributed by atoms with Crippen molar-refractivity contribution in [2.24, 2.45) is 5.92 Å². The second-order valence-corrected chi connectivity index (χ2v) is 6.81. The number of amides is 1. The third-order valence-electron chi connectivity index (χ3n) is 5.05. The van der Waals surface area contributed by atoms with E-state index in [9.17, 15) is 9.18 Å². The predicted molar refractivity (Wildman–Crippen MR) is 97.2 cm³/mol. The molecule has 4 rings (SSSR count). The summed E-state index contributed by atoms with van der Waals surface area (Å²) in [4.78, 5) is 16.3. The van der Waals surface area contributed by atoms with Crippen LogP contribution >= 0.6 is 0 Å². The lowest BCUT2D eigenvalue weighted by Gasteiger charge is -2.19. The second kappa shape index (κ2) is 7.28. The van der Waals surface area contributed by atoms with Gasteiger partial charge < -0.3 is 10.1 Å². The van der Waals surface area contributed by atoms with Crippen molar-refractivity contribution in [1.29, 1.82) is 0 Å². The fourth-order valence-corrected chi connectivity index (χ4v) is 3.63. The van der Waals surface area contributed by atoms with Crippen molar-refractivity contribution in [2.75, 3.05) is 6.54 Å². The lowest BCUT2D eigenvalue weighted by molar-refractivity contribution is -0.125. The van der Waals surface area contributed by atoms with Crippen LogP contribution < -0.4 is 10.1 Å². The molecule has 0 saturated heterocycles. The van der Waals surface area contributed by atoms with E-state index in [1.807, 2.05) is 12.1 Å². The van der Waals surface area contributed by atoms with Gasteiger partial charge in [-0.2, -0.15) is 0 Å². The number of hydrogen-bond acceptors (Lipinski definition) is 3. The van der Waals surface area contributed by atoms with Crippen LogP contribution in [0.1, 0.15) is 24.8 Å². The topological polar surface area (TPSA) is 51.2 Å². The number of halogens is 1. The maximum absolute atomic E-state index is 14.3. The molecule has 2 aromatic rings. The molecule has 0 fully saturated rings. The number of carbonyl (C=O) groups excluding carboxylic acids is 1. The molecule has 0 saturated carbocycles. The summed E-state index contributed by atoms with van der Waals surface area (Å²) in [7, 11) is 0. The normalized spacial score (nSPS) is 21.1. The first kappa shape index (κ1) is 16.8. The highest BCUT2D eigenvalue weighted by molar-refractivity contribution is 5.79. The Labute approximate surface area is 152 Å². The van der Waals surface area contributed by atoms with Crippen LogP contribution in [0.2, 0.25) is 0 Å². The molecule has 2 aliphatic rings. The molecule has 5 heteroatoms. The van der Waals surface area contributed by atoms with E-state index in [0.29, 0.717) is 24.3 Å². The number of ether oxygens (including phenoxy) is 1. The van der Waals surface area contributed by atoms with Crippen LogP contribution in [0, 0.1) is 11.7 Å². The molecule has 0 bridgehead atoms. The fraction of sp³-hybridized carbons (Fsp3) is 0.333. The molecule has 1 N–H and O–H groups in total. The van der Waals surface area contributed by atoms with Gasteiger partial charge in [0.05, 0.1) is 6.54 Å². The number of hydrogen-bond donors (Lipinski definition) is 1. The Morgan fingerprint density at radius 1 is 1.23 bits per heavy atom. The summed E-state index contributed by atoms with van der Waals surface area (Å²) in [6.45, 7) is 0.392. The van der Waals surface area contributed by atoms with Crippen LogP contribution in [0.25, 0.3) is 11.1 Å². The van der Waals surface area contributed by atoms with E-state index in [0.717, 1.165) is 30.4 Å². The number of nitrogens with one attached hydrogen (secondary N) is 1. The van der Waals surface area contributed by atoms with Gasteiger partial charge in [-0.25, -0.2) is 4.39 Å². The van der Waals surface area contributed by atoms with Gasteiger partial charge in [-0.3, -0.25) is 9.78 Å². The monoisotopic (exact) mass is 352 g/mol. The lowest BCUT2D eigenvalue weighted by atomic mass is 9.93. The van der Waals surface area contributed by atoms with E-state index in [-0.39, 0.29) is 23.7 Å². The molecule has 0 radical (unpaired) electrons. The molecule has 1 aliphatic carbocycles. The highest BCUT2D eigenvalue weighted by atomic mass is 19.1. The fourth-order valence-electron chi connectivity index (χ4n) is 3.63. The molecule has 2 atom stereocenters. The summed E-state index contributed by atoms with van der Waals surface area (Å²) < 4.78 is 20.3. The highest BCUT2D eigenvalue weighted by Gasteiger charge is 2.29. The largest absolute Gasteiger partial charge is 0.487 e. The molecule has 4 nitrogen and oxygen atoms in total. The third kappa shape index (κ3) is 3.34. The van der Waals surface area contributed by atoms with Crippen molar-refractivity contribution < 1.29 is 13.9 Å². The van der Waals surface area contributed by atoms with Gasteiger partial charge >= 0.3 is 0 Å². The summed E-state index contributed by atoms with van der Waals surface area (Å²) in [5.74, 6) is 0.414. The van der Waals surface area contributed by atoms with Crippen LogP contribution in [0.15, 0.2) is 48.8 Å². The molecule has 2 heterocycles. The molecular weight excluding hydrogens is 331 g/mol. The first-order valence-corrected chi connectivity index (χ1v) is 9.03. The Hall–Kier alpha value is -2.69. The number of nitrogens with zero attached hydrogens (tertiary/aromatic N) is 1.